The van der Waals surface area contributed by atoms with E-state index in [0.29, 0.717) is 18.1 Å². The average molecular weight is 676 g/mol. The number of rotatable bonds is 5. The molecule has 1 unspecified atom stereocenters. The molecule has 2 aromatic rings. The van der Waals surface area contributed by atoms with Gasteiger partial charge in [0.25, 0.3) is 0 Å². The summed E-state index contributed by atoms with van der Waals surface area (Å²) in [5, 5.41) is 9.91. The summed E-state index contributed by atoms with van der Waals surface area (Å²) in [6.07, 6.45) is -6.09. The van der Waals surface area contributed by atoms with Crippen molar-refractivity contribution in [2.75, 3.05) is 0 Å². The lowest BCUT2D eigenvalue weighted by molar-refractivity contribution is -0.192. The van der Waals surface area contributed by atoms with Crippen molar-refractivity contribution in [2.24, 2.45) is 22.6 Å². The number of guanidine groups is 1. The maximum atomic E-state index is 14.9. The summed E-state index contributed by atoms with van der Waals surface area (Å²) in [5.74, 6) is -5.86. The van der Waals surface area contributed by atoms with Gasteiger partial charge in [-0.1, -0.05) is 6.07 Å². The molecule has 2 amide bonds. The van der Waals surface area contributed by atoms with Crippen LogP contribution in [0.25, 0.3) is 0 Å². The molecule has 0 bridgehead atoms. The van der Waals surface area contributed by atoms with Crippen LogP contribution in [0.3, 0.4) is 0 Å². The van der Waals surface area contributed by atoms with Gasteiger partial charge in [-0.15, -0.1) is 0 Å². The fourth-order valence-corrected chi connectivity index (χ4v) is 5.83. The van der Waals surface area contributed by atoms with Gasteiger partial charge >= 0.3 is 18.3 Å². The van der Waals surface area contributed by atoms with E-state index in [2.05, 4.69) is 15.3 Å². The zero-order valence-electron chi connectivity index (χ0n) is 25.5. The van der Waals surface area contributed by atoms with Crippen molar-refractivity contribution in [1.29, 1.82) is 0 Å². The molecule has 3 aliphatic rings. The van der Waals surface area contributed by atoms with Crippen LogP contribution in [0.2, 0.25) is 0 Å². The van der Waals surface area contributed by atoms with Gasteiger partial charge in [-0.05, 0) is 63.8 Å². The first kappa shape index (κ1) is 35.4. The first-order valence-corrected chi connectivity index (χ1v) is 14.3. The monoisotopic (exact) mass is 675 g/mol. The third-order valence-corrected chi connectivity index (χ3v) is 7.83. The van der Waals surface area contributed by atoms with Crippen molar-refractivity contribution in [3.05, 3.63) is 59.2 Å². The standard InChI is InChI=1S/C28H31F4N5O3.C2HF3O2/c1-26(2)12-20(38)37(25(33)36-26)22(14-6-5-9-34-13-14)15-10-16(15)24(39)35-19-11-27(3,4)40-23-17(28(30,31)32)7-8-18(29)21(19)23;3-2(4,5)1(6)7/h5-9,13,15-16,19,22H,10-12H2,1-4H3,(H2,33,36)(H,35,39);(H,6,7)/t15-,16-,19?,22-;/m1./s1. The molecule has 5 rings (SSSR count). The summed E-state index contributed by atoms with van der Waals surface area (Å²) in [6, 6.07) is 3.22. The number of carbonyl (C=O) groups excluding carboxylic acids is 2. The molecule has 4 atom stereocenters. The molecule has 256 valence electrons. The highest BCUT2D eigenvalue weighted by Gasteiger charge is 2.54. The minimum Gasteiger partial charge on any atom is -0.487 e. The smallest absolute Gasteiger partial charge is 0.487 e. The Morgan fingerprint density at radius 1 is 1.13 bits per heavy atom. The molecule has 10 nitrogen and oxygen atoms in total. The van der Waals surface area contributed by atoms with Crippen LogP contribution in [0.15, 0.2) is 41.7 Å². The Morgan fingerprint density at radius 2 is 1.77 bits per heavy atom. The minimum absolute atomic E-state index is 0.0445. The number of nitrogens with two attached hydrogens (primary N) is 1. The number of nitrogens with one attached hydrogen (secondary N) is 1. The average Bonchev–Trinajstić information content (AvgIpc) is 3.69. The second-order valence-corrected chi connectivity index (χ2v) is 12.7. The van der Waals surface area contributed by atoms with Gasteiger partial charge in [-0.3, -0.25) is 19.5 Å². The Labute approximate surface area is 264 Å². The number of aliphatic carboxylic acids is 1. The molecule has 2 aliphatic heterocycles. The topological polar surface area (TPSA) is 147 Å². The van der Waals surface area contributed by atoms with E-state index in [1.165, 1.54) is 4.90 Å². The third-order valence-electron chi connectivity index (χ3n) is 7.83. The summed E-state index contributed by atoms with van der Waals surface area (Å²) >= 11 is 0. The Bertz CT molecular complexity index is 1580. The zero-order chi connectivity index (χ0) is 35.3. The predicted octanol–water partition coefficient (Wildman–Crippen LogP) is 5.29. The molecule has 47 heavy (non-hydrogen) atoms. The second kappa shape index (κ2) is 12.3. The molecular weight excluding hydrogens is 643 g/mol. The van der Waals surface area contributed by atoms with Gasteiger partial charge in [0.1, 0.15) is 17.2 Å². The van der Waals surface area contributed by atoms with E-state index in [4.69, 9.17) is 20.4 Å². The van der Waals surface area contributed by atoms with Crippen LogP contribution in [-0.4, -0.2) is 56.0 Å². The van der Waals surface area contributed by atoms with Crippen LogP contribution in [0.1, 0.15) is 75.7 Å². The number of amides is 2. The van der Waals surface area contributed by atoms with E-state index < -0.39 is 70.5 Å². The van der Waals surface area contributed by atoms with Crippen molar-refractivity contribution in [3.8, 4) is 5.75 Å². The summed E-state index contributed by atoms with van der Waals surface area (Å²) in [7, 11) is 0. The van der Waals surface area contributed by atoms with E-state index in [9.17, 15) is 40.3 Å². The maximum absolute atomic E-state index is 14.9. The number of pyridine rings is 1. The molecule has 4 N–H and O–H groups in total. The molecule has 1 aromatic carbocycles. The number of fused-ring (bicyclic) bond motifs is 1. The first-order chi connectivity index (χ1) is 21.5. The van der Waals surface area contributed by atoms with Gasteiger partial charge in [0.05, 0.1) is 35.2 Å². The Morgan fingerprint density at radius 3 is 2.30 bits per heavy atom. The van der Waals surface area contributed by atoms with E-state index >= 15 is 0 Å². The largest absolute Gasteiger partial charge is 0.490 e. The summed E-state index contributed by atoms with van der Waals surface area (Å²) < 4.78 is 93.5. The number of aliphatic imine (C=N–C) groups is 1. The molecule has 1 saturated carbocycles. The quantitative estimate of drug-likeness (QED) is 0.365. The van der Waals surface area contributed by atoms with E-state index in [1.54, 1.807) is 52.2 Å². The fraction of sp³-hybridized carbons (Fsp3) is 0.500. The summed E-state index contributed by atoms with van der Waals surface area (Å²) in [4.78, 5) is 45.7. The molecule has 17 heteroatoms. The normalized spacial score (nSPS) is 23.6. The highest BCUT2D eigenvalue weighted by atomic mass is 19.4. The first-order valence-electron chi connectivity index (χ1n) is 14.3. The number of carboxylic acid groups (broad SMARTS) is 1. The SMILES string of the molecule is CC1(C)CC(=O)N([C@H](c2cccnc2)[C@@H]2C[C@H]2C(=O)NC2CC(C)(C)Oc3c(C(F)(F)F)ccc(F)c32)C(N)=N1.O=C(O)C(F)(F)F. The molecule has 0 saturated heterocycles. The van der Waals surface area contributed by atoms with E-state index in [1.807, 2.05) is 0 Å². The number of halogens is 7. The molecule has 0 radical (unpaired) electrons. The second-order valence-electron chi connectivity index (χ2n) is 12.7. The minimum atomic E-state index is -5.08. The van der Waals surface area contributed by atoms with Crippen molar-refractivity contribution in [2.45, 2.75) is 82.5 Å². The van der Waals surface area contributed by atoms with Gasteiger partial charge in [-0.25, -0.2) is 14.2 Å². The molecule has 0 spiro atoms. The number of carboxylic acids is 1. The van der Waals surface area contributed by atoms with Gasteiger partial charge in [-0.2, -0.15) is 26.3 Å². The van der Waals surface area contributed by atoms with Crippen LogP contribution in [0.5, 0.6) is 5.75 Å². The van der Waals surface area contributed by atoms with Crippen LogP contribution in [0, 0.1) is 17.7 Å². The van der Waals surface area contributed by atoms with Crippen LogP contribution in [-0.2, 0) is 20.6 Å². The number of hydrogen-bond acceptors (Lipinski definition) is 7. The lowest BCUT2D eigenvalue weighted by Gasteiger charge is -2.39. The van der Waals surface area contributed by atoms with Crippen molar-refractivity contribution in [3.63, 3.8) is 0 Å². The van der Waals surface area contributed by atoms with Crippen LogP contribution in [0.4, 0.5) is 30.7 Å². The van der Waals surface area contributed by atoms with Gasteiger partial charge < -0.3 is 20.9 Å². The van der Waals surface area contributed by atoms with E-state index in [-0.39, 0.29) is 36.2 Å². The zero-order valence-corrected chi connectivity index (χ0v) is 25.5. The van der Waals surface area contributed by atoms with Crippen molar-refractivity contribution >= 4 is 23.7 Å². The number of hydrogen-bond donors (Lipinski definition) is 3. The maximum Gasteiger partial charge on any atom is 0.490 e. The molecule has 1 aromatic heterocycles. The number of carbonyl (C=O) groups is 3. The summed E-state index contributed by atoms with van der Waals surface area (Å²) in [6.45, 7) is 6.78. The number of ether oxygens (including phenoxy) is 1. The van der Waals surface area contributed by atoms with Gasteiger partial charge in [0.2, 0.25) is 11.8 Å². The summed E-state index contributed by atoms with van der Waals surface area (Å²) in [5.41, 5.74) is 3.74. The van der Waals surface area contributed by atoms with Gasteiger partial charge in [0, 0.05) is 24.7 Å². The number of benzene rings is 1. The highest BCUT2D eigenvalue weighted by Crippen LogP contribution is 2.52. The molecule has 3 heterocycles. The Kier molecular flexibility index (Phi) is 9.27. The Balaban J connectivity index is 0.000000644. The number of alkyl halides is 6. The van der Waals surface area contributed by atoms with Crippen LogP contribution >= 0.6 is 0 Å². The predicted molar refractivity (Wildman–Crippen MR) is 151 cm³/mol. The van der Waals surface area contributed by atoms with Gasteiger partial charge in [0.15, 0.2) is 5.96 Å². The molecule has 1 fully saturated rings. The third kappa shape index (κ3) is 7.93. The lowest BCUT2D eigenvalue weighted by atomic mass is 9.87. The van der Waals surface area contributed by atoms with Crippen molar-refractivity contribution in [1.82, 2.24) is 15.2 Å². The lowest BCUT2D eigenvalue weighted by Crippen LogP contribution is -2.52. The highest BCUT2D eigenvalue weighted by molar-refractivity contribution is 5.99. The van der Waals surface area contributed by atoms with Crippen LogP contribution < -0.4 is 15.8 Å². The number of aromatic nitrogens is 1. The van der Waals surface area contributed by atoms with E-state index in [0.717, 1.165) is 6.07 Å². The molecular formula is C30H32F7N5O5. The van der Waals surface area contributed by atoms with Crippen molar-refractivity contribution < 1.29 is 55.0 Å². The fourth-order valence-electron chi connectivity index (χ4n) is 5.83. The Hall–Kier alpha value is -4.44. The molecule has 1 aliphatic carbocycles. The number of nitrogens with zero attached hydrogens (tertiary/aromatic N) is 3.